The van der Waals surface area contributed by atoms with E-state index < -0.39 is 10.8 Å². The van der Waals surface area contributed by atoms with Crippen LogP contribution in [0.5, 0.6) is 0 Å². The minimum Gasteiger partial charge on any atom is -0.327 e. The van der Waals surface area contributed by atoms with Gasteiger partial charge in [0.2, 0.25) is 0 Å². The van der Waals surface area contributed by atoms with E-state index in [2.05, 4.69) is 15.6 Å². The van der Waals surface area contributed by atoms with Crippen molar-refractivity contribution in [1.82, 2.24) is 9.55 Å². The van der Waals surface area contributed by atoms with E-state index in [0.29, 0.717) is 0 Å². The summed E-state index contributed by atoms with van der Waals surface area (Å²) in [5, 5.41) is 0.0504. The van der Waals surface area contributed by atoms with Crippen LogP contribution in [-0.4, -0.2) is 25.3 Å². The molecule has 3 nitrogen and oxygen atoms in total. The molecule has 0 aliphatic carbocycles. The van der Waals surface area contributed by atoms with Crippen molar-refractivity contribution in [3.63, 3.8) is 0 Å². The fraction of sp³-hybridized carbons (Fsp3) is 0.500. The molecule has 0 bridgehead atoms. The van der Waals surface area contributed by atoms with Gasteiger partial charge in [0.15, 0.2) is 0 Å². The Morgan fingerprint density at radius 2 is 2.05 bits per heavy atom. The summed E-state index contributed by atoms with van der Waals surface area (Å²) in [6.07, 6.45) is 2.61. The van der Waals surface area contributed by atoms with Crippen LogP contribution in [0.2, 0.25) is 0 Å². The van der Waals surface area contributed by atoms with Crippen molar-refractivity contribution in [3.05, 3.63) is 30.1 Å². The van der Waals surface area contributed by atoms with Gasteiger partial charge in [0.1, 0.15) is 5.82 Å². The molecule has 1 aromatic heterocycles. The van der Waals surface area contributed by atoms with Gasteiger partial charge in [-0.05, 0) is 25.5 Å². The summed E-state index contributed by atoms with van der Waals surface area (Å²) in [6.45, 7) is 4.74. The van der Waals surface area contributed by atoms with Crippen LogP contribution in [0.15, 0.2) is 24.3 Å². The first-order chi connectivity index (χ1) is 9.00. The van der Waals surface area contributed by atoms with Gasteiger partial charge >= 0.3 is 0 Å². The van der Waals surface area contributed by atoms with Crippen molar-refractivity contribution in [2.24, 2.45) is 0 Å². The number of aromatic nitrogens is 2. The van der Waals surface area contributed by atoms with Crippen LogP contribution >= 0.6 is 11.6 Å². The number of aryl methyl sites for hydroxylation is 1. The molecule has 0 spiro atoms. The van der Waals surface area contributed by atoms with Crippen LogP contribution in [0, 0.1) is 0 Å². The number of imidazole rings is 1. The molecule has 1 aromatic carbocycles. The molecule has 0 saturated carbocycles. The van der Waals surface area contributed by atoms with E-state index in [9.17, 15) is 4.21 Å². The topological polar surface area (TPSA) is 34.9 Å². The zero-order valence-electron chi connectivity index (χ0n) is 11.5. The average molecular weight is 299 g/mol. The molecule has 19 heavy (non-hydrogen) atoms. The molecular formula is C14H19ClN2OS. The second-order valence-electron chi connectivity index (χ2n) is 4.82. The van der Waals surface area contributed by atoms with Gasteiger partial charge in [-0.15, -0.1) is 11.6 Å². The Labute approximate surface area is 121 Å². The fourth-order valence-corrected chi connectivity index (χ4v) is 2.71. The summed E-state index contributed by atoms with van der Waals surface area (Å²) >= 11 is 6.21. The van der Waals surface area contributed by atoms with E-state index in [1.54, 1.807) is 6.26 Å². The van der Waals surface area contributed by atoms with Crippen LogP contribution in [0.1, 0.15) is 31.5 Å². The summed E-state index contributed by atoms with van der Waals surface area (Å²) in [4.78, 5) is 4.59. The first-order valence-electron chi connectivity index (χ1n) is 6.42. The highest BCUT2D eigenvalue weighted by Gasteiger charge is 2.15. The highest BCUT2D eigenvalue weighted by Crippen LogP contribution is 2.25. The first-order valence-corrected chi connectivity index (χ1v) is 8.48. The third-order valence-electron chi connectivity index (χ3n) is 3.37. The highest BCUT2D eigenvalue weighted by atomic mass is 35.5. The van der Waals surface area contributed by atoms with Crippen molar-refractivity contribution in [2.45, 2.75) is 37.4 Å². The Balaban J connectivity index is 2.34. The van der Waals surface area contributed by atoms with E-state index in [1.165, 1.54) is 0 Å². The summed E-state index contributed by atoms with van der Waals surface area (Å²) in [5.74, 6) is 0.886. The smallest absolute Gasteiger partial charge is 0.127 e. The van der Waals surface area contributed by atoms with Gasteiger partial charge in [-0.1, -0.05) is 19.1 Å². The number of benzene rings is 1. The lowest BCUT2D eigenvalue weighted by Gasteiger charge is -2.13. The number of rotatable bonds is 5. The summed E-state index contributed by atoms with van der Waals surface area (Å²) in [7, 11) is -0.790. The number of para-hydroxylation sites is 2. The lowest BCUT2D eigenvalue weighted by Crippen LogP contribution is -2.14. The number of halogens is 1. The monoisotopic (exact) mass is 298 g/mol. The van der Waals surface area contributed by atoms with Gasteiger partial charge in [-0.25, -0.2) is 4.98 Å². The quantitative estimate of drug-likeness (QED) is 0.792. The molecule has 5 heteroatoms. The van der Waals surface area contributed by atoms with E-state index >= 15 is 0 Å². The third-order valence-corrected chi connectivity index (χ3v) is 4.93. The van der Waals surface area contributed by atoms with Crippen LogP contribution in [0.3, 0.4) is 0 Å². The van der Waals surface area contributed by atoms with E-state index in [0.717, 1.165) is 29.8 Å². The molecule has 2 rings (SSSR count). The van der Waals surface area contributed by atoms with Crippen molar-refractivity contribution in [1.29, 1.82) is 0 Å². The van der Waals surface area contributed by atoms with E-state index in [-0.39, 0.29) is 10.6 Å². The predicted octanol–water partition coefficient (Wildman–Crippen LogP) is 3.49. The Kier molecular flexibility index (Phi) is 4.63. The molecule has 0 fully saturated rings. The zero-order valence-corrected chi connectivity index (χ0v) is 13.0. The molecule has 3 unspecified atom stereocenters. The molecule has 0 aliphatic heterocycles. The number of nitrogens with zero attached hydrogens (tertiary/aromatic N) is 2. The molecule has 3 atom stereocenters. The van der Waals surface area contributed by atoms with Gasteiger partial charge in [0, 0.05) is 28.9 Å². The van der Waals surface area contributed by atoms with Gasteiger partial charge in [-0.2, -0.15) is 0 Å². The van der Waals surface area contributed by atoms with Gasteiger partial charge in [-0.3, -0.25) is 4.21 Å². The van der Waals surface area contributed by atoms with Crippen molar-refractivity contribution in [3.8, 4) is 0 Å². The Morgan fingerprint density at radius 1 is 1.37 bits per heavy atom. The SMILES string of the molecule is CC(Cl)c1nc2ccccc2n1CCC(C)S(C)=O. The van der Waals surface area contributed by atoms with Crippen LogP contribution in [0.25, 0.3) is 11.0 Å². The fourth-order valence-electron chi connectivity index (χ4n) is 2.11. The third kappa shape index (κ3) is 3.18. The maximum Gasteiger partial charge on any atom is 0.127 e. The second kappa shape index (κ2) is 6.06. The molecular weight excluding hydrogens is 280 g/mol. The predicted molar refractivity (Wildman–Crippen MR) is 82.1 cm³/mol. The molecule has 1 heterocycles. The van der Waals surface area contributed by atoms with E-state index in [4.69, 9.17) is 11.6 Å². The molecule has 104 valence electrons. The molecule has 0 aliphatic rings. The Hall–Kier alpha value is -0.870. The zero-order chi connectivity index (χ0) is 14.0. The largest absolute Gasteiger partial charge is 0.327 e. The average Bonchev–Trinajstić information content (AvgIpc) is 2.74. The lowest BCUT2D eigenvalue weighted by atomic mass is 10.3. The molecule has 0 N–H and O–H groups in total. The van der Waals surface area contributed by atoms with Crippen LogP contribution < -0.4 is 0 Å². The van der Waals surface area contributed by atoms with Gasteiger partial charge < -0.3 is 4.57 Å². The second-order valence-corrected chi connectivity index (χ2v) is 7.28. The molecule has 0 amide bonds. The molecule has 0 saturated heterocycles. The minimum absolute atomic E-state index is 0.130. The standard InChI is InChI=1S/C14H19ClN2OS/c1-10(19(3)18)8-9-17-13-7-5-4-6-12(13)16-14(17)11(2)15/h4-7,10-11H,8-9H2,1-3H3. The number of alkyl halides is 1. The summed E-state index contributed by atoms with van der Waals surface area (Å²) < 4.78 is 13.6. The lowest BCUT2D eigenvalue weighted by molar-refractivity contribution is 0.608. The Morgan fingerprint density at radius 3 is 2.68 bits per heavy atom. The molecule has 0 radical (unpaired) electrons. The van der Waals surface area contributed by atoms with Gasteiger partial charge in [0.25, 0.3) is 0 Å². The maximum absolute atomic E-state index is 11.4. The van der Waals surface area contributed by atoms with Crippen LogP contribution in [-0.2, 0) is 17.3 Å². The van der Waals surface area contributed by atoms with Crippen molar-refractivity contribution >= 4 is 33.4 Å². The summed E-state index contributed by atoms with van der Waals surface area (Å²) in [6, 6.07) is 8.03. The van der Waals surface area contributed by atoms with Gasteiger partial charge in [0.05, 0.1) is 16.4 Å². The maximum atomic E-state index is 11.4. The molecule has 2 aromatic rings. The van der Waals surface area contributed by atoms with E-state index in [1.807, 2.05) is 32.0 Å². The number of hydrogen-bond donors (Lipinski definition) is 0. The number of fused-ring (bicyclic) bond motifs is 1. The highest BCUT2D eigenvalue weighted by molar-refractivity contribution is 7.84. The summed E-state index contributed by atoms with van der Waals surface area (Å²) in [5.41, 5.74) is 2.06. The minimum atomic E-state index is -0.790. The van der Waals surface area contributed by atoms with Crippen molar-refractivity contribution < 1.29 is 4.21 Å². The Bertz CT molecular complexity index is 594. The number of hydrogen-bond acceptors (Lipinski definition) is 2. The van der Waals surface area contributed by atoms with Crippen molar-refractivity contribution in [2.75, 3.05) is 6.26 Å². The van der Waals surface area contributed by atoms with Crippen LogP contribution in [0.4, 0.5) is 0 Å². The normalized spacial score (nSPS) is 16.4. The first kappa shape index (κ1) is 14.5.